The van der Waals surface area contributed by atoms with Crippen molar-refractivity contribution in [1.29, 1.82) is 0 Å². The topological polar surface area (TPSA) is 79.5 Å². The number of hydrogen-bond acceptors (Lipinski definition) is 4. The number of hydrogen-bond donors (Lipinski definition) is 3. The maximum atomic E-state index is 12.2. The Labute approximate surface area is 164 Å². The second-order valence-corrected chi connectivity index (χ2v) is 6.60. The minimum atomic E-state index is -0.432. The van der Waals surface area contributed by atoms with E-state index in [1.165, 1.54) is 7.11 Å². The van der Waals surface area contributed by atoms with Crippen LogP contribution in [0.1, 0.15) is 26.3 Å². The van der Waals surface area contributed by atoms with Crippen molar-refractivity contribution < 1.29 is 14.3 Å². The van der Waals surface area contributed by atoms with E-state index in [0.29, 0.717) is 16.9 Å². The number of benzene rings is 2. The number of thiocarbonyl (C=S) groups is 1. The zero-order valence-corrected chi connectivity index (χ0v) is 16.5. The van der Waals surface area contributed by atoms with Crippen LogP contribution in [0.5, 0.6) is 5.75 Å². The molecule has 2 aromatic rings. The first-order chi connectivity index (χ1) is 11.9. The van der Waals surface area contributed by atoms with Crippen molar-refractivity contribution in [3.8, 4) is 5.75 Å². The molecule has 0 saturated carbocycles. The van der Waals surface area contributed by atoms with Gasteiger partial charge >= 0.3 is 0 Å². The molecule has 0 unspecified atom stereocenters. The number of amides is 2. The second-order valence-electron chi connectivity index (χ2n) is 5.03. The van der Waals surface area contributed by atoms with Gasteiger partial charge in [-0.2, -0.15) is 0 Å². The summed E-state index contributed by atoms with van der Waals surface area (Å²) in [6, 6.07) is 12.1. The zero-order valence-electron chi connectivity index (χ0n) is 13.6. The molecule has 0 fully saturated rings. The van der Waals surface area contributed by atoms with Crippen molar-refractivity contribution >= 4 is 51.7 Å². The Balaban J connectivity index is 1.93. The Bertz CT molecular complexity index is 827. The van der Waals surface area contributed by atoms with Crippen molar-refractivity contribution in [2.45, 2.75) is 6.92 Å². The van der Waals surface area contributed by atoms with E-state index in [1.54, 1.807) is 36.4 Å². The third-order valence-electron chi connectivity index (χ3n) is 3.30. The van der Waals surface area contributed by atoms with Gasteiger partial charge in [-0.3, -0.25) is 25.8 Å². The van der Waals surface area contributed by atoms with Crippen LogP contribution in [0.3, 0.4) is 0 Å². The van der Waals surface area contributed by atoms with Gasteiger partial charge in [-0.25, -0.2) is 0 Å². The number of carbonyl (C=O) groups is 2. The summed E-state index contributed by atoms with van der Waals surface area (Å²) in [5.74, 6) is -0.355. The van der Waals surface area contributed by atoms with Gasteiger partial charge < -0.3 is 4.74 Å². The van der Waals surface area contributed by atoms with Crippen molar-refractivity contribution in [3.05, 3.63) is 62.7 Å². The lowest BCUT2D eigenvalue weighted by Gasteiger charge is -2.12. The average Bonchev–Trinajstić information content (AvgIpc) is 2.61. The number of halogens is 1. The van der Waals surface area contributed by atoms with E-state index in [-0.39, 0.29) is 11.0 Å². The normalized spacial score (nSPS) is 9.88. The molecule has 25 heavy (non-hydrogen) atoms. The van der Waals surface area contributed by atoms with Gasteiger partial charge in [-0.05, 0) is 71.6 Å². The number of methoxy groups -OCH3 is 1. The number of para-hydroxylation sites is 1. The largest absolute Gasteiger partial charge is 0.496 e. The first kappa shape index (κ1) is 19.1. The van der Waals surface area contributed by atoms with Crippen molar-refractivity contribution in [1.82, 2.24) is 16.2 Å². The van der Waals surface area contributed by atoms with Gasteiger partial charge in [-0.1, -0.05) is 18.2 Å². The minimum Gasteiger partial charge on any atom is -0.496 e. The fourth-order valence-electron chi connectivity index (χ4n) is 1.95. The van der Waals surface area contributed by atoms with Crippen LogP contribution in [-0.4, -0.2) is 24.0 Å². The average molecular weight is 469 g/mol. The van der Waals surface area contributed by atoms with E-state index in [2.05, 4.69) is 38.8 Å². The van der Waals surface area contributed by atoms with Gasteiger partial charge in [0.25, 0.3) is 11.8 Å². The van der Waals surface area contributed by atoms with E-state index in [4.69, 9.17) is 17.0 Å². The third-order valence-corrected chi connectivity index (χ3v) is 4.67. The van der Waals surface area contributed by atoms with Crippen LogP contribution in [0.2, 0.25) is 0 Å². The Kier molecular flexibility index (Phi) is 6.71. The molecular formula is C17H16IN3O3S. The fraction of sp³-hybridized carbons (Fsp3) is 0.118. The van der Waals surface area contributed by atoms with E-state index in [9.17, 15) is 9.59 Å². The third kappa shape index (κ3) is 5.13. The lowest BCUT2D eigenvalue weighted by Crippen LogP contribution is -2.48. The number of aryl methyl sites for hydroxylation is 1. The first-order valence-corrected chi connectivity index (χ1v) is 8.72. The van der Waals surface area contributed by atoms with Gasteiger partial charge in [0.15, 0.2) is 5.11 Å². The monoisotopic (exact) mass is 469 g/mol. The molecule has 2 amide bonds. The summed E-state index contributed by atoms with van der Waals surface area (Å²) in [7, 11) is 1.48. The molecule has 8 heteroatoms. The summed E-state index contributed by atoms with van der Waals surface area (Å²) >= 11 is 7.19. The Morgan fingerprint density at radius 3 is 2.48 bits per heavy atom. The van der Waals surface area contributed by atoms with E-state index < -0.39 is 5.91 Å². The number of hydrazine groups is 1. The van der Waals surface area contributed by atoms with E-state index in [0.717, 1.165) is 9.13 Å². The van der Waals surface area contributed by atoms with Crippen LogP contribution >= 0.6 is 34.8 Å². The summed E-state index contributed by atoms with van der Waals surface area (Å²) < 4.78 is 6.10. The molecule has 0 saturated heterocycles. The van der Waals surface area contributed by atoms with Gasteiger partial charge in [0, 0.05) is 9.13 Å². The molecular weight excluding hydrogens is 453 g/mol. The Morgan fingerprint density at radius 2 is 1.80 bits per heavy atom. The molecule has 0 bridgehead atoms. The van der Waals surface area contributed by atoms with Gasteiger partial charge in [0.05, 0.1) is 12.7 Å². The van der Waals surface area contributed by atoms with Gasteiger partial charge in [0.1, 0.15) is 5.75 Å². The predicted octanol–water partition coefficient (Wildman–Crippen LogP) is 2.56. The summed E-state index contributed by atoms with van der Waals surface area (Å²) in [6.45, 7) is 1.96. The minimum absolute atomic E-state index is 0.0103. The molecule has 0 aliphatic carbocycles. The quantitative estimate of drug-likeness (QED) is 0.366. The highest BCUT2D eigenvalue weighted by atomic mass is 127. The van der Waals surface area contributed by atoms with Crippen molar-refractivity contribution in [2.24, 2.45) is 0 Å². The molecule has 0 aromatic heterocycles. The summed E-state index contributed by atoms with van der Waals surface area (Å²) in [4.78, 5) is 24.3. The lowest BCUT2D eigenvalue weighted by atomic mass is 10.1. The molecule has 0 aliphatic heterocycles. The predicted molar refractivity (Wildman–Crippen MR) is 108 cm³/mol. The highest BCUT2D eigenvalue weighted by Gasteiger charge is 2.13. The number of rotatable bonds is 3. The SMILES string of the molecule is COc1ccccc1C(=O)NNC(=S)NC(=O)c1ccc(C)c(I)c1. The van der Waals surface area contributed by atoms with Crippen LogP contribution < -0.4 is 20.9 Å². The summed E-state index contributed by atoms with van der Waals surface area (Å²) in [5.41, 5.74) is 6.84. The lowest BCUT2D eigenvalue weighted by molar-refractivity contribution is 0.0932. The van der Waals surface area contributed by atoms with Crippen molar-refractivity contribution in [2.75, 3.05) is 7.11 Å². The van der Waals surface area contributed by atoms with Gasteiger partial charge in [-0.15, -0.1) is 0 Å². The molecule has 6 nitrogen and oxygen atoms in total. The Morgan fingerprint density at radius 1 is 1.08 bits per heavy atom. The maximum Gasteiger partial charge on any atom is 0.273 e. The fourth-order valence-corrected chi connectivity index (χ4v) is 2.61. The maximum absolute atomic E-state index is 12.2. The molecule has 0 aliphatic rings. The molecule has 2 aromatic carbocycles. The van der Waals surface area contributed by atoms with E-state index >= 15 is 0 Å². The standard InChI is InChI=1S/C17H16IN3O3S/c1-10-7-8-11(9-13(10)18)15(22)19-17(25)21-20-16(23)12-5-3-4-6-14(12)24-2/h3-9H,1-2H3,(H,20,23)(H2,19,21,22,25). The molecule has 130 valence electrons. The first-order valence-electron chi connectivity index (χ1n) is 7.23. The number of ether oxygens (including phenoxy) is 1. The second kappa shape index (κ2) is 8.77. The van der Waals surface area contributed by atoms with E-state index in [1.807, 2.05) is 13.0 Å². The van der Waals surface area contributed by atoms with Gasteiger partial charge in [0.2, 0.25) is 0 Å². The van der Waals surface area contributed by atoms with Crippen LogP contribution in [0.4, 0.5) is 0 Å². The number of carbonyl (C=O) groups excluding carboxylic acids is 2. The van der Waals surface area contributed by atoms with Crippen LogP contribution in [0, 0.1) is 10.5 Å². The highest BCUT2D eigenvalue weighted by Crippen LogP contribution is 2.16. The number of nitrogens with one attached hydrogen (secondary N) is 3. The van der Waals surface area contributed by atoms with Crippen LogP contribution in [0.15, 0.2) is 42.5 Å². The van der Waals surface area contributed by atoms with Crippen LogP contribution in [-0.2, 0) is 0 Å². The van der Waals surface area contributed by atoms with Crippen LogP contribution in [0.25, 0.3) is 0 Å². The smallest absolute Gasteiger partial charge is 0.273 e. The molecule has 0 heterocycles. The molecule has 0 radical (unpaired) electrons. The summed E-state index contributed by atoms with van der Waals surface area (Å²) in [6.07, 6.45) is 0. The Hall–Kier alpha value is -2.20. The molecule has 0 spiro atoms. The van der Waals surface area contributed by atoms with Crippen molar-refractivity contribution in [3.63, 3.8) is 0 Å². The molecule has 3 N–H and O–H groups in total. The molecule has 0 atom stereocenters. The zero-order chi connectivity index (χ0) is 18.4. The highest BCUT2D eigenvalue weighted by molar-refractivity contribution is 14.1. The summed E-state index contributed by atoms with van der Waals surface area (Å²) in [5, 5.41) is 2.50. The molecule has 2 rings (SSSR count).